The van der Waals surface area contributed by atoms with Gasteiger partial charge in [0.1, 0.15) is 16.0 Å². The number of benzene rings is 1. The fourth-order valence-electron chi connectivity index (χ4n) is 3.78. The molecule has 0 aliphatic heterocycles. The highest BCUT2D eigenvalue weighted by Gasteiger charge is 2.30. The van der Waals surface area contributed by atoms with E-state index >= 15 is 0 Å². The number of rotatable bonds is 12. The fraction of sp³-hybridized carbons (Fsp3) is 0.407. The number of anilines is 1. The number of pyridine rings is 2. The molecule has 2 N–H and O–H groups in total. The van der Waals surface area contributed by atoms with Crippen LogP contribution in [0.5, 0.6) is 5.75 Å². The van der Waals surface area contributed by atoms with Gasteiger partial charge in [0.15, 0.2) is 11.5 Å². The number of carboxylic acid groups (broad SMARTS) is 1. The molecule has 2 aromatic heterocycles. The van der Waals surface area contributed by atoms with Crippen LogP contribution in [0.4, 0.5) is 10.6 Å². The predicted octanol–water partition coefficient (Wildman–Crippen LogP) is 3.87. The average molecular weight is 623 g/mol. The molecule has 42 heavy (non-hydrogen) atoms. The monoisotopic (exact) mass is 622 g/mol. The van der Waals surface area contributed by atoms with Gasteiger partial charge in [0.2, 0.25) is 15.8 Å². The lowest BCUT2D eigenvalue weighted by molar-refractivity contribution is 0.0526. The first-order valence-electron chi connectivity index (χ1n) is 13.0. The van der Waals surface area contributed by atoms with Crippen LogP contribution in [0.1, 0.15) is 56.1 Å². The molecular weight excluding hydrogens is 588 g/mol. The van der Waals surface area contributed by atoms with Gasteiger partial charge in [0, 0.05) is 25.2 Å². The highest BCUT2D eigenvalue weighted by atomic mass is 32.2. The van der Waals surface area contributed by atoms with E-state index in [1.54, 1.807) is 39.8 Å². The molecule has 13 nitrogen and oxygen atoms in total. The zero-order valence-electron chi connectivity index (χ0n) is 23.9. The van der Waals surface area contributed by atoms with E-state index in [2.05, 4.69) is 15.3 Å². The van der Waals surface area contributed by atoms with Crippen LogP contribution in [-0.2, 0) is 24.9 Å². The van der Waals surface area contributed by atoms with Crippen molar-refractivity contribution in [1.82, 2.24) is 15.3 Å². The van der Waals surface area contributed by atoms with Crippen LogP contribution in [0.2, 0.25) is 0 Å². The second-order valence-corrected chi connectivity index (χ2v) is 14.1. The second-order valence-electron chi connectivity index (χ2n) is 10.4. The van der Waals surface area contributed by atoms with Gasteiger partial charge >= 0.3 is 22.2 Å². The molecule has 3 aromatic rings. The largest absolute Gasteiger partial charge is 0.476 e. The third-order valence-corrected chi connectivity index (χ3v) is 8.91. The van der Waals surface area contributed by atoms with Gasteiger partial charge < -0.3 is 19.3 Å². The van der Waals surface area contributed by atoms with E-state index in [0.29, 0.717) is 19.4 Å². The molecule has 2 heterocycles. The Labute approximate surface area is 245 Å². The summed E-state index contributed by atoms with van der Waals surface area (Å²) in [5, 5.41) is 12.6. The lowest BCUT2D eigenvalue weighted by atomic mass is 10.2. The number of fused-ring (bicyclic) bond motifs is 1. The van der Waals surface area contributed by atoms with Crippen LogP contribution in [-0.4, -0.2) is 68.9 Å². The summed E-state index contributed by atoms with van der Waals surface area (Å²) in [5.74, 6) is -2.81. The molecule has 0 radical (unpaired) electrons. The summed E-state index contributed by atoms with van der Waals surface area (Å²) in [6.07, 6.45) is 1.97. The lowest BCUT2D eigenvalue weighted by Crippen LogP contribution is -2.33. The van der Waals surface area contributed by atoms with Crippen molar-refractivity contribution in [1.29, 1.82) is 0 Å². The molecule has 0 unspecified atom stereocenters. The van der Waals surface area contributed by atoms with Crippen LogP contribution in [0.3, 0.4) is 0 Å². The van der Waals surface area contributed by atoms with Crippen molar-refractivity contribution in [2.24, 2.45) is 0 Å². The van der Waals surface area contributed by atoms with E-state index in [0.717, 1.165) is 9.87 Å². The van der Waals surface area contributed by atoms with Gasteiger partial charge in [-0.25, -0.2) is 23.0 Å². The Hall–Kier alpha value is -3.98. The van der Waals surface area contributed by atoms with Crippen molar-refractivity contribution in [2.45, 2.75) is 57.5 Å². The summed E-state index contributed by atoms with van der Waals surface area (Å²) < 4.78 is 63.6. The number of carbonyl (C=O) groups is 2. The number of aryl methyl sites for hydroxylation is 1. The molecule has 0 aliphatic rings. The molecule has 0 saturated heterocycles. The molecule has 1 amide bonds. The Morgan fingerprint density at radius 1 is 1.02 bits per heavy atom. The number of carbonyl (C=O) groups excluding carboxylic acids is 1. The Balaban J connectivity index is 1.83. The number of ether oxygens (including phenoxy) is 1. The molecule has 15 heteroatoms. The lowest BCUT2D eigenvalue weighted by Gasteiger charge is -2.22. The molecule has 228 valence electrons. The number of nitrogens with zero attached hydrogens (tertiary/aromatic N) is 3. The second kappa shape index (κ2) is 12.9. The standard InChI is InChI=1S/C27H34N4O9S2/c1-18-11-13-19(14-12-18)42(37,38)40-23-21-20(10-9-16-28-21)24(30-22(23)25(32)33)31(5)41(35,36)17-8-6-7-15-29-26(34)39-27(2,3)4/h9-14,16H,6-8,15,17H2,1-5H3,(H,29,34)(H,32,33). The topological polar surface area (TPSA) is 182 Å². The Kier molecular flexibility index (Phi) is 9.99. The first kappa shape index (κ1) is 32.5. The molecular formula is C27H34N4O9S2. The minimum Gasteiger partial charge on any atom is -0.476 e. The van der Waals surface area contributed by atoms with Gasteiger partial charge in [-0.1, -0.05) is 24.1 Å². The van der Waals surface area contributed by atoms with E-state index in [-0.39, 0.29) is 33.8 Å². The number of nitrogens with one attached hydrogen (secondary N) is 1. The Morgan fingerprint density at radius 3 is 2.31 bits per heavy atom. The van der Waals surface area contributed by atoms with Crippen LogP contribution >= 0.6 is 0 Å². The van der Waals surface area contributed by atoms with Gasteiger partial charge in [0.25, 0.3) is 0 Å². The van der Waals surface area contributed by atoms with E-state index in [9.17, 15) is 31.5 Å². The van der Waals surface area contributed by atoms with E-state index < -0.39 is 49.2 Å². The van der Waals surface area contributed by atoms with Crippen molar-refractivity contribution >= 4 is 48.9 Å². The maximum Gasteiger partial charge on any atom is 0.407 e. The number of amides is 1. The number of sulfonamides is 1. The van der Waals surface area contributed by atoms with Crippen molar-refractivity contribution in [2.75, 3.05) is 23.7 Å². The highest BCUT2D eigenvalue weighted by molar-refractivity contribution is 7.92. The fourth-order valence-corrected chi connectivity index (χ4v) is 5.97. The number of hydrogen-bond acceptors (Lipinski definition) is 10. The molecule has 0 saturated carbocycles. The minimum absolute atomic E-state index is 0.0734. The zero-order chi connectivity index (χ0) is 31.3. The minimum atomic E-state index is -4.48. The van der Waals surface area contributed by atoms with Gasteiger partial charge in [-0.05, 0) is 64.8 Å². The average Bonchev–Trinajstić information content (AvgIpc) is 2.89. The molecule has 0 fully saturated rings. The zero-order valence-corrected chi connectivity index (χ0v) is 25.6. The molecule has 0 bridgehead atoms. The van der Waals surface area contributed by atoms with Crippen LogP contribution in [0.15, 0.2) is 47.5 Å². The van der Waals surface area contributed by atoms with Crippen LogP contribution in [0, 0.1) is 6.92 Å². The summed E-state index contributed by atoms with van der Waals surface area (Å²) in [7, 11) is -7.25. The number of unbranched alkanes of at least 4 members (excludes halogenated alkanes) is 2. The third-order valence-electron chi connectivity index (χ3n) is 5.86. The number of aromatic carboxylic acids is 1. The number of carboxylic acids is 1. The van der Waals surface area contributed by atoms with Crippen molar-refractivity contribution in [3.63, 3.8) is 0 Å². The van der Waals surface area contributed by atoms with Gasteiger partial charge in [-0.3, -0.25) is 9.29 Å². The predicted molar refractivity (Wildman–Crippen MR) is 156 cm³/mol. The van der Waals surface area contributed by atoms with Gasteiger partial charge in [-0.15, -0.1) is 0 Å². The molecule has 3 rings (SSSR count). The number of hydrogen-bond donors (Lipinski definition) is 2. The first-order valence-corrected chi connectivity index (χ1v) is 16.0. The van der Waals surface area contributed by atoms with Gasteiger partial charge in [0.05, 0.1) is 5.75 Å². The smallest absolute Gasteiger partial charge is 0.407 e. The van der Waals surface area contributed by atoms with Crippen LogP contribution < -0.4 is 13.8 Å². The summed E-state index contributed by atoms with van der Waals surface area (Å²) in [6.45, 7) is 7.31. The normalized spacial score (nSPS) is 12.1. The van der Waals surface area contributed by atoms with Gasteiger partial charge in [-0.2, -0.15) is 8.42 Å². The van der Waals surface area contributed by atoms with Crippen molar-refractivity contribution in [3.05, 3.63) is 53.9 Å². The SMILES string of the molecule is Cc1ccc(S(=O)(=O)Oc2c(C(=O)O)nc(N(C)S(=O)(=O)CCCCCNC(=O)OC(C)(C)C)c3cccnc23)cc1. The van der Waals surface area contributed by atoms with E-state index in [1.165, 1.54) is 37.5 Å². The van der Waals surface area contributed by atoms with E-state index in [4.69, 9.17) is 8.92 Å². The number of alkyl carbamates (subject to hydrolysis) is 1. The van der Waals surface area contributed by atoms with Crippen molar-refractivity contribution in [3.8, 4) is 5.75 Å². The Bertz CT molecular complexity index is 1670. The molecule has 0 aliphatic carbocycles. The Morgan fingerprint density at radius 2 is 1.69 bits per heavy atom. The van der Waals surface area contributed by atoms with Crippen molar-refractivity contribution < 1.29 is 40.5 Å². The first-order chi connectivity index (χ1) is 19.5. The summed E-state index contributed by atoms with van der Waals surface area (Å²) in [5.41, 5.74) is -0.829. The van der Waals surface area contributed by atoms with E-state index in [1.807, 2.05) is 0 Å². The maximum absolute atomic E-state index is 13.2. The quantitative estimate of drug-likeness (QED) is 0.221. The molecule has 0 spiro atoms. The molecule has 1 aromatic carbocycles. The summed E-state index contributed by atoms with van der Waals surface area (Å²) >= 11 is 0. The molecule has 0 atom stereocenters. The highest BCUT2D eigenvalue weighted by Crippen LogP contribution is 2.35. The third kappa shape index (κ3) is 8.28. The van der Waals surface area contributed by atoms with Crippen LogP contribution in [0.25, 0.3) is 10.9 Å². The summed E-state index contributed by atoms with van der Waals surface area (Å²) in [4.78, 5) is 31.8. The maximum atomic E-state index is 13.2. The number of aromatic nitrogens is 2. The summed E-state index contributed by atoms with van der Waals surface area (Å²) in [6, 6.07) is 8.67.